The highest BCUT2D eigenvalue weighted by Gasteiger charge is 2.32. The van der Waals surface area contributed by atoms with Gasteiger partial charge >= 0.3 is 6.03 Å². The fourth-order valence-corrected chi connectivity index (χ4v) is 3.74. The summed E-state index contributed by atoms with van der Waals surface area (Å²) >= 11 is 0. The number of carbonyl (C=O) groups excluding carboxylic acids is 1. The number of rotatable bonds is 5. The Morgan fingerprint density at radius 1 is 1.03 bits per heavy atom. The maximum atomic E-state index is 12.1. The molecule has 4 rings (SSSR count). The zero-order chi connectivity index (χ0) is 21.7. The molecule has 0 saturated carbocycles. The minimum atomic E-state index is -0.250. The Morgan fingerprint density at radius 3 is 2.74 bits per heavy atom. The molecule has 0 saturated heterocycles. The van der Waals surface area contributed by atoms with Crippen molar-refractivity contribution in [3.05, 3.63) is 71.8 Å². The molecule has 0 radical (unpaired) electrons. The van der Waals surface area contributed by atoms with Crippen LogP contribution in [0.1, 0.15) is 25.0 Å². The molecule has 31 heavy (non-hydrogen) atoms. The minimum absolute atomic E-state index is 0.212. The molecule has 1 heterocycles. The molecule has 0 aromatic heterocycles. The van der Waals surface area contributed by atoms with Crippen molar-refractivity contribution in [3.63, 3.8) is 0 Å². The summed E-state index contributed by atoms with van der Waals surface area (Å²) in [6.07, 6.45) is 0.864. The van der Waals surface area contributed by atoms with E-state index in [-0.39, 0.29) is 24.8 Å². The summed E-state index contributed by atoms with van der Waals surface area (Å²) in [5, 5.41) is 7.93. The smallest absolute Gasteiger partial charge is 0.315 e. The van der Waals surface area contributed by atoms with Crippen molar-refractivity contribution in [1.29, 1.82) is 0 Å². The van der Waals surface area contributed by atoms with Gasteiger partial charge in [0, 0.05) is 18.5 Å². The summed E-state index contributed by atoms with van der Waals surface area (Å²) in [6, 6.07) is 19.9. The van der Waals surface area contributed by atoms with Crippen molar-refractivity contribution in [2.75, 3.05) is 13.2 Å². The van der Waals surface area contributed by atoms with Gasteiger partial charge in [-0.15, -0.1) is 0 Å². The first-order chi connectivity index (χ1) is 15.0. The van der Waals surface area contributed by atoms with Crippen molar-refractivity contribution in [2.24, 2.45) is 0 Å². The Bertz CT molecular complexity index is 1150. The number of para-hydroxylation sites is 1. The number of hydrogen-bond acceptors (Lipinski definition) is 3. The van der Waals surface area contributed by atoms with Crippen LogP contribution < -0.4 is 20.1 Å². The largest absolute Gasteiger partial charge is 0.483 e. The molecule has 0 fully saturated rings. The number of amides is 2. The first kappa shape index (κ1) is 20.6. The molecule has 1 aliphatic heterocycles. The van der Waals surface area contributed by atoms with E-state index in [1.54, 1.807) is 0 Å². The van der Waals surface area contributed by atoms with Gasteiger partial charge in [0.1, 0.15) is 12.2 Å². The molecule has 5 nitrogen and oxygen atoms in total. The quantitative estimate of drug-likeness (QED) is 0.607. The average Bonchev–Trinajstić information content (AvgIpc) is 3.09. The molecule has 5 heteroatoms. The van der Waals surface area contributed by atoms with Gasteiger partial charge < -0.3 is 20.1 Å². The van der Waals surface area contributed by atoms with Crippen LogP contribution in [0.25, 0.3) is 10.8 Å². The van der Waals surface area contributed by atoms with Crippen LogP contribution in [0.15, 0.2) is 60.7 Å². The molecule has 1 aliphatic rings. The van der Waals surface area contributed by atoms with Gasteiger partial charge in [0.05, 0.1) is 6.54 Å². The molecule has 0 unspecified atom stereocenters. The molecule has 2 N–H and O–H groups in total. The van der Waals surface area contributed by atoms with Gasteiger partial charge in [-0.25, -0.2) is 4.79 Å². The summed E-state index contributed by atoms with van der Waals surface area (Å²) < 4.78 is 11.8. The second-order valence-corrected chi connectivity index (χ2v) is 8.10. The predicted octanol–water partition coefficient (Wildman–Crippen LogP) is 4.43. The molecule has 0 bridgehead atoms. The zero-order valence-electron chi connectivity index (χ0n) is 17.8. The Balaban J connectivity index is 1.21. The zero-order valence-corrected chi connectivity index (χ0v) is 17.8. The minimum Gasteiger partial charge on any atom is -0.483 e. The summed E-state index contributed by atoms with van der Waals surface area (Å²) in [7, 11) is 0. The fourth-order valence-electron chi connectivity index (χ4n) is 3.74. The van der Waals surface area contributed by atoms with Crippen molar-refractivity contribution >= 4 is 16.8 Å². The maximum absolute atomic E-state index is 12.1. The predicted molar refractivity (Wildman–Crippen MR) is 122 cm³/mol. The molecule has 158 valence electrons. The van der Waals surface area contributed by atoms with Crippen molar-refractivity contribution < 1.29 is 14.3 Å². The monoisotopic (exact) mass is 414 g/mol. The van der Waals surface area contributed by atoms with E-state index in [0.717, 1.165) is 34.1 Å². The third-order valence-electron chi connectivity index (χ3n) is 5.14. The third-order valence-corrected chi connectivity index (χ3v) is 5.14. The van der Waals surface area contributed by atoms with E-state index in [1.165, 1.54) is 0 Å². The van der Waals surface area contributed by atoms with Crippen LogP contribution in [-0.2, 0) is 13.0 Å². The number of benzene rings is 3. The lowest BCUT2D eigenvalue weighted by atomic mass is 10.0. The molecule has 0 spiro atoms. The second kappa shape index (κ2) is 9.01. The van der Waals surface area contributed by atoms with Gasteiger partial charge in [0.25, 0.3) is 0 Å². The number of ether oxygens (including phenoxy) is 2. The first-order valence-electron chi connectivity index (χ1n) is 10.4. The highest BCUT2D eigenvalue weighted by molar-refractivity contribution is 5.86. The number of nitrogens with one attached hydrogen (secondary N) is 2. The van der Waals surface area contributed by atoms with Gasteiger partial charge in [0.15, 0.2) is 11.5 Å². The van der Waals surface area contributed by atoms with Gasteiger partial charge in [-0.2, -0.15) is 0 Å². The van der Waals surface area contributed by atoms with E-state index in [4.69, 9.17) is 9.47 Å². The van der Waals surface area contributed by atoms with E-state index < -0.39 is 0 Å². The van der Waals surface area contributed by atoms with Gasteiger partial charge in [-0.05, 0) is 36.2 Å². The molecule has 3 aromatic carbocycles. The Hall–Kier alpha value is -3.65. The summed E-state index contributed by atoms with van der Waals surface area (Å²) in [6.45, 7) is 5.07. The standard InChI is InChI=1S/C26H26N2O3/c1-26(2)17-20-11-8-14-23(24(20)31-26)30-16-6-5-15-27-25(29)28-18-21-12-7-10-19-9-3-4-13-22(19)21/h3-4,7-14H,15-18H2,1-2H3,(H2,27,28,29). The highest BCUT2D eigenvalue weighted by atomic mass is 16.5. The number of urea groups is 1. The van der Waals surface area contributed by atoms with Gasteiger partial charge in [-0.3, -0.25) is 0 Å². The molecular formula is C26H26N2O3. The van der Waals surface area contributed by atoms with E-state index >= 15 is 0 Å². The van der Waals surface area contributed by atoms with E-state index in [0.29, 0.717) is 12.3 Å². The second-order valence-electron chi connectivity index (χ2n) is 8.10. The molecule has 0 aliphatic carbocycles. The normalized spacial score (nSPS) is 13.5. The van der Waals surface area contributed by atoms with Crippen LogP contribution in [0.3, 0.4) is 0 Å². The van der Waals surface area contributed by atoms with Crippen LogP contribution in [0.2, 0.25) is 0 Å². The Kier molecular flexibility index (Phi) is 5.99. The topological polar surface area (TPSA) is 59.6 Å². The number of hydrogen-bond donors (Lipinski definition) is 2. The van der Waals surface area contributed by atoms with Crippen molar-refractivity contribution in [1.82, 2.24) is 10.6 Å². The summed E-state index contributed by atoms with van der Waals surface area (Å²) in [5.74, 6) is 7.35. The van der Waals surface area contributed by atoms with Crippen LogP contribution >= 0.6 is 0 Å². The average molecular weight is 415 g/mol. The van der Waals surface area contributed by atoms with Crippen LogP contribution in [0.5, 0.6) is 11.5 Å². The van der Waals surface area contributed by atoms with Gasteiger partial charge in [-0.1, -0.05) is 66.4 Å². The number of fused-ring (bicyclic) bond motifs is 2. The lowest BCUT2D eigenvalue weighted by molar-refractivity contribution is 0.133. The Labute approximate surface area is 182 Å². The Morgan fingerprint density at radius 2 is 1.84 bits per heavy atom. The lowest BCUT2D eigenvalue weighted by Crippen LogP contribution is -2.35. The van der Waals surface area contributed by atoms with Crippen LogP contribution in [-0.4, -0.2) is 24.8 Å². The van der Waals surface area contributed by atoms with E-state index in [1.807, 2.05) is 36.4 Å². The SMILES string of the molecule is CC1(C)Cc2cccc(OCC#CCNC(=O)NCc3cccc4ccccc34)c2O1. The first-order valence-corrected chi connectivity index (χ1v) is 10.4. The van der Waals surface area contributed by atoms with Crippen molar-refractivity contribution in [2.45, 2.75) is 32.4 Å². The summed E-state index contributed by atoms with van der Waals surface area (Å²) in [5.41, 5.74) is 2.02. The molecule has 0 atom stereocenters. The summed E-state index contributed by atoms with van der Waals surface area (Å²) in [4.78, 5) is 12.1. The van der Waals surface area contributed by atoms with Crippen LogP contribution in [0, 0.1) is 11.8 Å². The molecule has 2 amide bonds. The maximum Gasteiger partial charge on any atom is 0.315 e. The molecule has 3 aromatic rings. The lowest BCUT2D eigenvalue weighted by Gasteiger charge is -2.17. The molecular weight excluding hydrogens is 388 g/mol. The number of carbonyl (C=O) groups is 1. The van der Waals surface area contributed by atoms with E-state index in [9.17, 15) is 4.79 Å². The van der Waals surface area contributed by atoms with Gasteiger partial charge in [0.2, 0.25) is 0 Å². The van der Waals surface area contributed by atoms with Crippen LogP contribution in [0.4, 0.5) is 4.79 Å². The third kappa shape index (κ3) is 5.10. The van der Waals surface area contributed by atoms with Crippen molar-refractivity contribution in [3.8, 4) is 23.3 Å². The highest BCUT2D eigenvalue weighted by Crippen LogP contribution is 2.41. The fraction of sp³-hybridized carbons (Fsp3) is 0.269. The van der Waals surface area contributed by atoms with E-state index in [2.05, 4.69) is 60.6 Å².